The first-order valence-corrected chi connectivity index (χ1v) is 7.38. The molecule has 0 atom stereocenters. The van der Waals surface area contributed by atoms with Gasteiger partial charge in [-0.3, -0.25) is 0 Å². The summed E-state index contributed by atoms with van der Waals surface area (Å²) in [6.45, 7) is 5.25. The lowest BCUT2D eigenvalue weighted by Crippen LogP contribution is -2.21. The van der Waals surface area contributed by atoms with Crippen LogP contribution in [0.4, 0.5) is 0 Å². The monoisotopic (exact) mass is 285 g/mol. The van der Waals surface area contributed by atoms with Crippen molar-refractivity contribution in [3.63, 3.8) is 0 Å². The first-order valence-electron chi connectivity index (χ1n) is 7.38. The van der Waals surface area contributed by atoms with Gasteiger partial charge in [0.25, 0.3) is 0 Å². The number of aliphatic hydroxyl groups is 1. The lowest BCUT2D eigenvalue weighted by Gasteiger charge is -2.12. The van der Waals surface area contributed by atoms with Crippen molar-refractivity contribution in [3.05, 3.63) is 59.7 Å². The molecule has 2 aromatic carbocycles. The van der Waals surface area contributed by atoms with Gasteiger partial charge in [0.1, 0.15) is 11.5 Å². The molecule has 21 heavy (non-hydrogen) atoms. The average Bonchev–Trinajstić information content (AvgIpc) is 2.49. The number of para-hydroxylation sites is 1. The molecule has 0 spiro atoms. The summed E-state index contributed by atoms with van der Waals surface area (Å²) >= 11 is 0. The number of ether oxygens (including phenoxy) is 1. The Bertz CT molecular complexity index is 549. The standard InChI is InChI=1S/C18H23NO2/c1-14(2)19-13-15-7-9-17(10-8-15)21-18-6-4-3-5-16(18)11-12-20/h3-10,14,19-20H,11-13H2,1-2H3. The smallest absolute Gasteiger partial charge is 0.130 e. The van der Waals surface area contributed by atoms with Gasteiger partial charge in [0.05, 0.1) is 0 Å². The summed E-state index contributed by atoms with van der Waals surface area (Å²) < 4.78 is 5.91. The Hall–Kier alpha value is -1.84. The minimum atomic E-state index is 0.125. The van der Waals surface area contributed by atoms with E-state index >= 15 is 0 Å². The molecule has 0 fully saturated rings. The fourth-order valence-electron chi connectivity index (χ4n) is 2.05. The highest BCUT2D eigenvalue weighted by atomic mass is 16.5. The van der Waals surface area contributed by atoms with Crippen LogP contribution >= 0.6 is 0 Å². The molecule has 0 bridgehead atoms. The summed E-state index contributed by atoms with van der Waals surface area (Å²) in [5, 5.41) is 12.5. The van der Waals surface area contributed by atoms with Gasteiger partial charge in [-0.1, -0.05) is 44.2 Å². The minimum absolute atomic E-state index is 0.125. The van der Waals surface area contributed by atoms with Gasteiger partial charge in [0.15, 0.2) is 0 Å². The molecule has 2 N–H and O–H groups in total. The third-order valence-corrected chi connectivity index (χ3v) is 3.22. The van der Waals surface area contributed by atoms with Crippen LogP contribution in [0.2, 0.25) is 0 Å². The van der Waals surface area contributed by atoms with E-state index in [2.05, 4.69) is 31.3 Å². The van der Waals surface area contributed by atoms with Crippen molar-refractivity contribution < 1.29 is 9.84 Å². The van der Waals surface area contributed by atoms with E-state index in [1.807, 2.05) is 36.4 Å². The Morgan fingerprint density at radius 1 is 1.05 bits per heavy atom. The van der Waals surface area contributed by atoms with Crippen molar-refractivity contribution in [2.24, 2.45) is 0 Å². The molecule has 3 heteroatoms. The van der Waals surface area contributed by atoms with Crippen LogP contribution in [0.5, 0.6) is 11.5 Å². The number of hydrogen-bond donors (Lipinski definition) is 2. The molecule has 3 nitrogen and oxygen atoms in total. The highest BCUT2D eigenvalue weighted by molar-refractivity contribution is 5.38. The Kier molecular flexibility index (Phi) is 5.78. The van der Waals surface area contributed by atoms with Crippen LogP contribution in [0, 0.1) is 0 Å². The molecular formula is C18H23NO2. The van der Waals surface area contributed by atoms with Crippen molar-refractivity contribution in [2.45, 2.75) is 32.9 Å². The zero-order valence-electron chi connectivity index (χ0n) is 12.7. The second-order valence-electron chi connectivity index (χ2n) is 5.36. The number of aliphatic hydroxyl groups excluding tert-OH is 1. The zero-order chi connectivity index (χ0) is 15.1. The lowest BCUT2D eigenvalue weighted by atomic mass is 10.1. The molecule has 0 saturated heterocycles. The fourth-order valence-corrected chi connectivity index (χ4v) is 2.05. The fraction of sp³-hybridized carbons (Fsp3) is 0.333. The summed E-state index contributed by atoms with van der Waals surface area (Å²) in [7, 11) is 0. The molecule has 112 valence electrons. The topological polar surface area (TPSA) is 41.5 Å². The predicted octanol–water partition coefficient (Wildman–Crippen LogP) is 3.51. The van der Waals surface area contributed by atoms with Crippen LogP contribution < -0.4 is 10.1 Å². The van der Waals surface area contributed by atoms with Crippen molar-refractivity contribution in [2.75, 3.05) is 6.61 Å². The maximum Gasteiger partial charge on any atom is 0.130 e. The van der Waals surface area contributed by atoms with Gasteiger partial charge in [-0.05, 0) is 35.7 Å². The van der Waals surface area contributed by atoms with E-state index in [1.54, 1.807) is 0 Å². The van der Waals surface area contributed by atoms with Crippen molar-refractivity contribution in [1.29, 1.82) is 0 Å². The van der Waals surface area contributed by atoms with Crippen LogP contribution in [0.1, 0.15) is 25.0 Å². The Morgan fingerprint density at radius 2 is 1.76 bits per heavy atom. The Labute approximate surface area is 126 Å². The third-order valence-electron chi connectivity index (χ3n) is 3.22. The van der Waals surface area contributed by atoms with Crippen LogP contribution in [0.15, 0.2) is 48.5 Å². The maximum absolute atomic E-state index is 9.09. The highest BCUT2D eigenvalue weighted by Crippen LogP contribution is 2.25. The van der Waals surface area contributed by atoms with E-state index in [4.69, 9.17) is 9.84 Å². The Balaban J connectivity index is 2.03. The zero-order valence-corrected chi connectivity index (χ0v) is 12.7. The van der Waals surface area contributed by atoms with E-state index < -0.39 is 0 Å². The average molecular weight is 285 g/mol. The molecule has 0 aromatic heterocycles. The van der Waals surface area contributed by atoms with Crippen LogP contribution in [0.3, 0.4) is 0 Å². The van der Waals surface area contributed by atoms with Gasteiger partial charge in [-0.15, -0.1) is 0 Å². The number of hydrogen-bond acceptors (Lipinski definition) is 3. The molecular weight excluding hydrogens is 262 g/mol. The lowest BCUT2D eigenvalue weighted by molar-refractivity contribution is 0.298. The van der Waals surface area contributed by atoms with Gasteiger partial charge in [-0.25, -0.2) is 0 Å². The molecule has 2 aromatic rings. The van der Waals surface area contributed by atoms with E-state index in [1.165, 1.54) is 5.56 Å². The van der Waals surface area contributed by atoms with Crippen LogP contribution in [-0.4, -0.2) is 17.8 Å². The molecule has 0 heterocycles. The second-order valence-corrected chi connectivity index (χ2v) is 5.36. The quantitative estimate of drug-likeness (QED) is 0.818. The van der Waals surface area contributed by atoms with Gasteiger partial charge < -0.3 is 15.2 Å². The largest absolute Gasteiger partial charge is 0.457 e. The molecule has 0 aliphatic carbocycles. The molecule has 0 aliphatic rings. The van der Waals surface area contributed by atoms with Gasteiger partial charge in [0.2, 0.25) is 0 Å². The summed E-state index contributed by atoms with van der Waals surface area (Å²) in [5.41, 5.74) is 2.25. The van der Waals surface area contributed by atoms with Crippen molar-refractivity contribution >= 4 is 0 Å². The number of benzene rings is 2. The maximum atomic E-state index is 9.09. The Morgan fingerprint density at radius 3 is 2.43 bits per heavy atom. The second kappa shape index (κ2) is 7.81. The summed E-state index contributed by atoms with van der Waals surface area (Å²) in [6, 6.07) is 16.4. The minimum Gasteiger partial charge on any atom is -0.457 e. The summed E-state index contributed by atoms with van der Waals surface area (Å²) in [4.78, 5) is 0. The van der Waals surface area contributed by atoms with E-state index in [9.17, 15) is 0 Å². The molecule has 0 amide bonds. The molecule has 0 radical (unpaired) electrons. The molecule has 2 rings (SSSR count). The van der Waals surface area contributed by atoms with Gasteiger partial charge in [0, 0.05) is 19.2 Å². The number of rotatable bonds is 7. The molecule has 0 aliphatic heterocycles. The normalized spacial score (nSPS) is 10.9. The van der Waals surface area contributed by atoms with Crippen molar-refractivity contribution in [1.82, 2.24) is 5.32 Å². The number of nitrogens with one attached hydrogen (secondary N) is 1. The summed E-state index contributed by atoms with van der Waals surface area (Å²) in [6.07, 6.45) is 0.604. The highest BCUT2D eigenvalue weighted by Gasteiger charge is 2.04. The van der Waals surface area contributed by atoms with E-state index in [0.717, 1.165) is 23.6 Å². The van der Waals surface area contributed by atoms with E-state index in [0.29, 0.717) is 12.5 Å². The van der Waals surface area contributed by atoms with Crippen LogP contribution in [0.25, 0.3) is 0 Å². The van der Waals surface area contributed by atoms with Crippen LogP contribution in [-0.2, 0) is 13.0 Å². The molecule has 0 unspecified atom stereocenters. The van der Waals surface area contributed by atoms with Gasteiger partial charge in [-0.2, -0.15) is 0 Å². The first kappa shape index (κ1) is 15.5. The third kappa shape index (κ3) is 4.88. The summed E-state index contributed by atoms with van der Waals surface area (Å²) in [5.74, 6) is 1.62. The predicted molar refractivity (Wildman–Crippen MR) is 85.7 cm³/mol. The first-order chi connectivity index (χ1) is 10.2. The molecule has 0 saturated carbocycles. The van der Waals surface area contributed by atoms with Crippen molar-refractivity contribution in [3.8, 4) is 11.5 Å². The SMILES string of the molecule is CC(C)NCc1ccc(Oc2ccccc2CCO)cc1. The van der Waals surface area contributed by atoms with Gasteiger partial charge >= 0.3 is 0 Å². The van der Waals surface area contributed by atoms with E-state index in [-0.39, 0.29) is 6.61 Å².